The monoisotopic (exact) mass is 253 g/mol. The minimum Gasteiger partial charge on any atom is -0.265 e. The SMILES string of the molecule is N#C[C-](C#N)C(C[N+](=O)[O-])c1ccccc1.[K+]. The molecule has 0 fully saturated rings. The van der Waals surface area contributed by atoms with Crippen LogP contribution in [-0.4, -0.2) is 11.5 Å². The maximum atomic E-state index is 10.5. The predicted molar refractivity (Wildman–Crippen MR) is 55.5 cm³/mol. The van der Waals surface area contributed by atoms with Gasteiger partial charge in [-0.25, -0.2) is 10.5 Å². The molecule has 0 saturated heterocycles. The van der Waals surface area contributed by atoms with Crippen LogP contribution in [0.1, 0.15) is 11.5 Å². The van der Waals surface area contributed by atoms with E-state index in [0.29, 0.717) is 5.56 Å². The Hall–Kier alpha value is -0.894. The number of nitro groups is 1. The van der Waals surface area contributed by atoms with E-state index < -0.39 is 17.4 Å². The van der Waals surface area contributed by atoms with Gasteiger partial charge in [0.05, 0.1) is 0 Å². The maximum absolute atomic E-state index is 10.5. The van der Waals surface area contributed by atoms with Crippen molar-refractivity contribution in [3.05, 3.63) is 51.9 Å². The second kappa shape index (κ2) is 8.23. The molecule has 0 heterocycles. The third-order valence-electron chi connectivity index (χ3n) is 2.12. The molecule has 6 heteroatoms. The standard InChI is InChI=1S/C11H8N3O2.K/c12-6-10(7-13)11(8-14(15)16)9-4-2-1-3-5-9;/h1-5,11H,8H2;/q-1;+1. The summed E-state index contributed by atoms with van der Waals surface area (Å²) >= 11 is 0. The van der Waals surface area contributed by atoms with Gasteiger partial charge in [-0.15, -0.1) is 0 Å². The quantitative estimate of drug-likeness (QED) is 0.288. The van der Waals surface area contributed by atoms with Crippen LogP contribution in [0.2, 0.25) is 0 Å². The molecule has 0 radical (unpaired) electrons. The van der Waals surface area contributed by atoms with Crippen molar-refractivity contribution in [3.8, 4) is 12.1 Å². The summed E-state index contributed by atoms with van der Waals surface area (Å²) in [5, 5.41) is 28.0. The van der Waals surface area contributed by atoms with Gasteiger partial charge in [0, 0.05) is 4.92 Å². The number of hydrogen-bond acceptors (Lipinski definition) is 4. The van der Waals surface area contributed by atoms with Crippen LogP contribution in [0, 0.1) is 38.7 Å². The van der Waals surface area contributed by atoms with Crippen LogP contribution in [0.4, 0.5) is 0 Å². The van der Waals surface area contributed by atoms with Crippen LogP contribution >= 0.6 is 0 Å². The zero-order valence-electron chi connectivity index (χ0n) is 9.33. The minimum atomic E-state index is -0.758. The van der Waals surface area contributed by atoms with Crippen molar-refractivity contribution in [3.63, 3.8) is 0 Å². The fourth-order valence-electron chi connectivity index (χ4n) is 1.38. The molecule has 0 amide bonds. The van der Waals surface area contributed by atoms with Gasteiger partial charge in [0.25, 0.3) is 0 Å². The summed E-state index contributed by atoms with van der Waals surface area (Å²) in [5.74, 6) is -0.894. The first-order valence-electron chi connectivity index (χ1n) is 4.52. The summed E-state index contributed by atoms with van der Waals surface area (Å²) in [7, 11) is 0. The van der Waals surface area contributed by atoms with E-state index >= 15 is 0 Å². The van der Waals surface area contributed by atoms with Crippen molar-refractivity contribution in [1.29, 1.82) is 10.5 Å². The Morgan fingerprint density at radius 2 is 1.82 bits per heavy atom. The predicted octanol–water partition coefficient (Wildman–Crippen LogP) is -1.33. The van der Waals surface area contributed by atoms with Crippen LogP contribution in [0.3, 0.4) is 0 Å². The van der Waals surface area contributed by atoms with Gasteiger partial charge in [-0.05, 0) is 5.92 Å². The summed E-state index contributed by atoms with van der Waals surface area (Å²) in [5.41, 5.74) is 0.609. The molecular weight excluding hydrogens is 245 g/mol. The Bertz CT molecular complexity index is 436. The number of hydrogen-bond donors (Lipinski definition) is 0. The maximum Gasteiger partial charge on any atom is 1.00 e. The topological polar surface area (TPSA) is 90.7 Å². The largest absolute Gasteiger partial charge is 1.00 e. The molecular formula is C11H8KN3O2. The van der Waals surface area contributed by atoms with Crippen molar-refractivity contribution < 1.29 is 56.3 Å². The average molecular weight is 253 g/mol. The van der Waals surface area contributed by atoms with Gasteiger partial charge >= 0.3 is 51.4 Å². The third-order valence-corrected chi connectivity index (χ3v) is 2.12. The van der Waals surface area contributed by atoms with E-state index in [1.54, 1.807) is 42.5 Å². The number of benzene rings is 1. The van der Waals surface area contributed by atoms with Crippen LogP contribution < -0.4 is 51.4 Å². The Balaban J connectivity index is 0.00000256. The van der Waals surface area contributed by atoms with E-state index in [2.05, 4.69) is 0 Å². The first kappa shape index (κ1) is 16.1. The van der Waals surface area contributed by atoms with Crippen LogP contribution in [0.25, 0.3) is 0 Å². The molecule has 1 aromatic rings. The van der Waals surface area contributed by atoms with E-state index in [1.165, 1.54) is 0 Å². The number of nitrogens with zero attached hydrogens (tertiary/aromatic N) is 3. The normalized spacial score (nSPS) is 10.2. The van der Waals surface area contributed by atoms with E-state index in [-0.39, 0.29) is 57.3 Å². The molecule has 1 unspecified atom stereocenters. The Labute approximate surface area is 142 Å². The molecule has 0 bridgehead atoms. The molecule has 5 nitrogen and oxygen atoms in total. The van der Waals surface area contributed by atoms with E-state index in [4.69, 9.17) is 10.5 Å². The molecule has 0 aromatic heterocycles. The Kier molecular flexibility index (Phi) is 7.80. The van der Waals surface area contributed by atoms with Crippen molar-refractivity contribution in [2.45, 2.75) is 5.92 Å². The zero-order valence-corrected chi connectivity index (χ0v) is 12.5. The summed E-state index contributed by atoms with van der Waals surface area (Å²) < 4.78 is 0. The van der Waals surface area contributed by atoms with Crippen LogP contribution in [0.15, 0.2) is 30.3 Å². The fourth-order valence-corrected chi connectivity index (χ4v) is 1.38. The zero-order chi connectivity index (χ0) is 12.0. The number of nitriles is 2. The van der Waals surface area contributed by atoms with Crippen molar-refractivity contribution >= 4 is 0 Å². The Morgan fingerprint density at radius 3 is 2.24 bits per heavy atom. The van der Waals surface area contributed by atoms with Crippen molar-refractivity contribution in [2.24, 2.45) is 0 Å². The van der Waals surface area contributed by atoms with Gasteiger partial charge in [0.2, 0.25) is 0 Å². The van der Waals surface area contributed by atoms with Gasteiger partial charge in [0.15, 0.2) is 6.54 Å². The summed E-state index contributed by atoms with van der Waals surface area (Å²) in [6, 6.07) is 12.0. The molecule has 1 rings (SSSR count). The van der Waals surface area contributed by atoms with E-state index in [9.17, 15) is 10.1 Å². The van der Waals surface area contributed by atoms with Crippen molar-refractivity contribution in [2.75, 3.05) is 6.54 Å². The Morgan fingerprint density at radius 1 is 1.29 bits per heavy atom. The van der Waals surface area contributed by atoms with Gasteiger partial charge in [0.1, 0.15) is 0 Å². The molecule has 0 saturated carbocycles. The second-order valence-corrected chi connectivity index (χ2v) is 3.12. The molecule has 0 aliphatic heterocycles. The molecule has 0 aliphatic carbocycles. The molecule has 1 atom stereocenters. The van der Waals surface area contributed by atoms with Crippen LogP contribution in [0.5, 0.6) is 0 Å². The fraction of sp³-hybridized carbons (Fsp3) is 0.182. The first-order valence-corrected chi connectivity index (χ1v) is 4.52. The summed E-state index contributed by atoms with van der Waals surface area (Å²) in [6.07, 6.45) is 0. The summed E-state index contributed by atoms with van der Waals surface area (Å²) in [4.78, 5) is 9.97. The van der Waals surface area contributed by atoms with Gasteiger partial charge in [-0.3, -0.25) is 10.1 Å². The van der Waals surface area contributed by atoms with Gasteiger partial charge in [-0.2, -0.15) is 5.92 Å². The smallest absolute Gasteiger partial charge is 0.265 e. The first-order chi connectivity index (χ1) is 7.69. The van der Waals surface area contributed by atoms with Crippen LogP contribution in [-0.2, 0) is 0 Å². The minimum absolute atomic E-state index is 0. The average Bonchev–Trinajstić information content (AvgIpc) is 2.30. The van der Waals surface area contributed by atoms with Crippen molar-refractivity contribution in [1.82, 2.24) is 0 Å². The molecule has 17 heavy (non-hydrogen) atoms. The molecule has 0 aliphatic rings. The summed E-state index contributed by atoms with van der Waals surface area (Å²) in [6.45, 7) is -0.444. The molecule has 80 valence electrons. The van der Waals surface area contributed by atoms with Gasteiger partial charge in [-0.1, -0.05) is 48.0 Å². The second-order valence-electron chi connectivity index (χ2n) is 3.12. The third kappa shape index (κ3) is 4.86. The van der Waals surface area contributed by atoms with E-state index in [0.717, 1.165) is 0 Å². The number of rotatable bonds is 4. The molecule has 1 aromatic carbocycles. The van der Waals surface area contributed by atoms with E-state index in [1.807, 2.05) is 0 Å². The van der Waals surface area contributed by atoms with Gasteiger partial charge < -0.3 is 0 Å². The molecule has 0 N–H and O–H groups in total. The molecule has 0 spiro atoms.